The first-order valence-corrected chi connectivity index (χ1v) is 14.6. The van der Waals surface area contributed by atoms with E-state index in [1.54, 1.807) is 0 Å². The minimum Gasteiger partial charge on any atom is -0.508 e. The fourth-order valence-electron chi connectivity index (χ4n) is 7.58. The highest BCUT2D eigenvalue weighted by molar-refractivity contribution is 5.99. The fraction of sp³-hybridized carbons (Fsp3) is 0.467. The number of nitrogens with zero attached hydrogens (tertiary/aromatic N) is 6. The summed E-state index contributed by atoms with van der Waals surface area (Å²) in [6, 6.07) is 5.35. The van der Waals surface area contributed by atoms with Crippen molar-refractivity contribution < 1.29 is 23.0 Å². The number of halogens is 3. The van der Waals surface area contributed by atoms with Gasteiger partial charge < -0.3 is 20.1 Å². The molecule has 2 atom stereocenters. The van der Waals surface area contributed by atoms with Gasteiger partial charge in [-0.05, 0) is 75.2 Å². The molecule has 6 heterocycles. The van der Waals surface area contributed by atoms with E-state index in [0.29, 0.717) is 25.5 Å². The molecule has 4 fully saturated rings. The van der Waals surface area contributed by atoms with Crippen LogP contribution in [0.1, 0.15) is 38.5 Å². The summed E-state index contributed by atoms with van der Waals surface area (Å²) >= 11 is 0. The Morgan fingerprint density at radius 1 is 0.952 bits per heavy atom. The van der Waals surface area contributed by atoms with Crippen LogP contribution in [-0.4, -0.2) is 80.6 Å². The molecule has 2 N–H and O–H groups in total. The quantitative estimate of drug-likeness (QED) is 0.360. The second-order valence-electron chi connectivity index (χ2n) is 12.1. The van der Waals surface area contributed by atoms with Gasteiger partial charge in [-0.1, -0.05) is 6.07 Å². The minimum atomic E-state index is -1.16. The summed E-state index contributed by atoms with van der Waals surface area (Å²) in [5.41, 5.74) is -0.480. The summed E-state index contributed by atoms with van der Waals surface area (Å²) in [5, 5.41) is 22.4. The normalized spacial score (nSPS) is 23.3. The van der Waals surface area contributed by atoms with Crippen LogP contribution in [-0.2, 0) is 0 Å². The van der Waals surface area contributed by atoms with Gasteiger partial charge in [0.25, 0.3) is 0 Å². The van der Waals surface area contributed by atoms with Gasteiger partial charge in [-0.3, -0.25) is 4.90 Å². The molecule has 4 aromatic rings. The van der Waals surface area contributed by atoms with Gasteiger partial charge in [-0.25, -0.2) is 13.2 Å². The number of piperazine rings is 1. The second-order valence-corrected chi connectivity index (χ2v) is 12.1. The lowest BCUT2D eigenvalue weighted by atomic mass is 9.95. The molecule has 0 amide bonds. The van der Waals surface area contributed by atoms with Gasteiger partial charge in [-0.2, -0.15) is 9.97 Å². The first-order chi connectivity index (χ1) is 20.4. The highest BCUT2D eigenvalue weighted by Crippen LogP contribution is 2.40. The topological polar surface area (TPSA) is 99.5 Å². The van der Waals surface area contributed by atoms with Crippen LogP contribution in [0.25, 0.3) is 33.1 Å². The highest BCUT2D eigenvalue weighted by atomic mass is 19.2. The Kier molecular flexibility index (Phi) is 5.94. The lowest BCUT2D eigenvalue weighted by molar-refractivity contribution is 0.108. The summed E-state index contributed by atoms with van der Waals surface area (Å²) in [5.74, 6) is -2.93. The number of phenolic OH excluding ortho intramolecular Hbond substituents is 1. The molecule has 0 spiro atoms. The van der Waals surface area contributed by atoms with Gasteiger partial charge in [0.15, 0.2) is 28.8 Å². The molecule has 0 radical (unpaired) electrons. The van der Waals surface area contributed by atoms with Crippen LogP contribution < -0.4 is 15.0 Å². The van der Waals surface area contributed by atoms with E-state index in [0.717, 1.165) is 63.7 Å². The van der Waals surface area contributed by atoms with Gasteiger partial charge in [-0.15, -0.1) is 10.2 Å². The van der Waals surface area contributed by atoms with Crippen molar-refractivity contribution in [2.45, 2.75) is 56.1 Å². The number of nitrogens with one attached hydrogen (secondary N) is 1. The summed E-state index contributed by atoms with van der Waals surface area (Å²) in [6.45, 7) is 3.83. The van der Waals surface area contributed by atoms with Crippen molar-refractivity contribution in [1.29, 1.82) is 0 Å². The average Bonchev–Trinajstić information content (AvgIpc) is 3.67. The molecule has 2 aromatic heterocycles. The monoisotopic (exact) mass is 577 g/mol. The summed E-state index contributed by atoms with van der Waals surface area (Å²) in [6.07, 6.45) is 6.38. The van der Waals surface area contributed by atoms with Crippen LogP contribution in [0, 0.1) is 17.5 Å². The first kappa shape index (κ1) is 25.9. The number of benzene rings is 2. The third-order valence-electron chi connectivity index (χ3n) is 9.56. The van der Waals surface area contributed by atoms with E-state index in [2.05, 4.69) is 30.3 Å². The van der Waals surface area contributed by atoms with E-state index in [-0.39, 0.29) is 62.4 Å². The van der Waals surface area contributed by atoms with Crippen LogP contribution in [0.3, 0.4) is 0 Å². The fourth-order valence-corrected chi connectivity index (χ4v) is 7.58. The lowest BCUT2D eigenvalue weighted by Gasteiger charge is -2.34. The van der Waals surface area contributed by atoms with Crippen LogP contribution >= 0.6 is 0 Å². The van der Waals surface area contributed by atoms with Gasteiger partial charge in [0, 0.05) is 36.1 Å². The second kappa shape index (κ2) is 9.63. The predicted octanol–water partition coefficient (Wildman–Crippen LogP) is 4.31. The van der Waals surface area contributed by atoms with Crippen molar-refractivity contribution >= 4 is 27.6 Å². The number of ether oxygens (including phenoxy) is 1. The number of aromatic nitrogens is 4. The van der Waals surface area contributed by atoms with Crippen LogP contribution in [0.2, 0.25) is 0 Å². The number of fused-ring (bicyclic) bond motifs is 5. The van der Waals surface area contributed by atoms with Crippen molar-refractivity contribution in [3.8, 4) is 23.0 Å². The van der Waals surface area contributed by atoms with Gasteiger partial charge in [0.1, 0.15) is 23.6 Å². The standard InChI is InChI=1S/C30H30F3N7O2/c31-21-6-3-16-11-19(41)12-20(22(16)23(21)32)25-24(33)26-27(38-37-25)28(39-13-17-4-5-18(14-39)34-17)36-29(35-26)42-15-30-7-1-9-40(30)10-2-8-30/h3,6,11-12,17-18,34,41H,1-2,4-5,7-10,13-15H2. The van der Waals surface area contributed by atoms with E-state index in [9.17, 15) is 9.50 Å². The minimum absolute atomic E-state index is 0.0485. The molecule has 0 saturated carbocycles. The van der Waals surface area contributed by atoms with Crippen LogP contribution in [0.4, 0.5) is 19.0 Å². The Bertz CT molecular complexity index is 1720. The molecular formula is C30H30F3N7O2. The van der Waals surface area contributed by atoms with E-state index >= 15 is 8.78 Å². The van der Waals surface area contributed by atoms with E-state index in [4.69, 9.17) is 9.72 Å². The molecular weight excluding hydrogens is 547 g/mol. The molecule has 4 saturated heterocycles. The van der Waals surface area contributed by atoms with Crippen molar-refractivity contribution in [1.82, 2.24) is 30.4 Å². The smallest absolute Gasteiger partial charge is 0.319 e. The molecule has 2 bridgehead atoms. The van der Waals surface area contributed by atoms with Gasteiger partial charge >= 0.3 is 6.01 Å². The third-order valence-corrected chi connectivity index (χ3v) is 9.56. The molecule has 218 valence electrons. The Labute approximate surface area is 239 Å². The van der Waals surface area contributed by atoms with Gasteiger partial charge in [0.2, 0.25) is 0 Å². The van der Waals surface area contributed by atoms with Gasteiger partial charge in [0.05, 0.1) is 5.54 Å². The Morgan fingerprint density at radius 3 is 2.48 bits per heavy atom. The summed E-state index contributed by atoms with van der Waals surface area (Å²) in [7, 11) is 0. The molecule has 2 unspecified atom stereocenters. The maximum absolute atomic E-state index is 16.5. The number of hydrogen-bond acceptors (Lipinski definition) is 9. The Balaban J connectivity index is 1.27. The number of hydrogen-bond donors (Lipinski definition) is 2. The molecule has 42 heavy (non-hydrogen) atoms. The Hall–Kier alpha value is -3.77. The van der Waals surface area contributed by atoms with Crippen molar-refractivity contribution in [3.63, 3.8) is 0 Å². The van der Waals surface area contributed by atoms with Crippen molar-refractivity contribution in [3.05, 3.63) is 41.7 Å². The molecule has 0 aliphatic carbocycles. The average molecular weight is 578 g/mol. The molecule has 2 aromatic carbocycles. The maximum Gasteiger partial charge on any atom is 0.319 e. The van der Waals surface area contributed by atoms with Crippen molar-refractivity contribution in [2.75, 3.05) is 37.7 Å². The number of phenols is 1. The predicted molar refractivity (Wildman–Crippen MR) is 150 cm³/mol. The molecule has 8 rings (SSSR count). The number of aromatic hydroxyl groups is 1. The zero-order chi connectivity index (χ0) is 28.6. The van der Waals surface area contributed by atoms with Crippen LogP contribution in [0.15, 0.2) is 24.3 Å². The highest BCUT2D eigenvalue weighted by Gasteiger charge is 2.45. The SMILES string of the molecule is Oc1cc(-c2nnc3c(N4CC5CCC(C4)N5)nc(OCC45CCCN4CCC5)nc3c2F)c2c(F)c(F)ccc2c1. The van der Waals surface area contributed by atoms with E-state index < -0.39 is 17.5 Å². The zero-order valence-corrected chi connectivity index (χ0v) is 22.9. The van der Waals surface area contributed by atoms with Crippen LogP contribution in [0.5, 0.6) is 11.8 Å². The number of anilines is 1. The van der Waals surface area contributed by atoms with E-state index in [1.165, 1.54) is 12.1 Å². The summed E-state index contributed by atoms with van der Waals surface area (Å²) in [4.78, 5) is 13.8. The summed E-state index contributed by atoms with van der Waals surface area (Å²) < 4.78 is 52.1. The molecule has 4 aliphatic heterocycles. The first-order valence-electron chi connectivity index (χ1n) is 14.6. The maximum atomic E-state index is 16.5. The Morgan fingerprint density at radius 2 is 1.71 bits per heavy atom. The molecule has 12 heteroatoms. The largest absolute Gasteiger partial charge is 0.508 e. The zero-order valence-electron chi connectivity index (χ0n) is 22.9. The van der Waals surface area contributed by atoms with E-state index in [1.807, 2.05) is 0 Å². The molecule has 4 aliphatic rings. The molecule has 9 nitrogen and oxygen atoms in total. The number of rotatable bonds is 5. The van der Waals surface area contributed by atoms with Crippen molar-refractivity contribution in [2.24, 2.45) is 0 Å². The lowest BCUT2D eigenvalue weighted by Crippen LogP contribution is -2.51. The third kappa shape index (κ3) is 4.06.